The average molecular weight is 266 g/mol. The smallest absolute Gasteiger partial charge is 0.150 e. The van der Waals surface area contributed by atoms with Crippen LogP contribution in [0.4, 0.5) is 0 Å². The van der Waals surface area contributed by atoms with E-state index < -0.39 is 0 Å². The molecule has 0 saturated heterocycles. The van der Waals surface area contributed by atoms with E-state index in [2.05, 4.69) is 0 Å². The standard InChI is InChI=1S/C17H14O3/c1-19-15-8-6-12(7-9-15)17-14(11-18)10-13-4-2-3-5-16(13)20-17/h2-9,11H,10H2,1H3. The molecule has 100 valence electrons. The molecule has 0 amide bonds. The number of aldehydes is 1. The number of fused-ring (bicyclic) bond motifs is 1. The number of carbonyl (C=O) groups is 1. The van der Waals surface area contributed by atoms with Crippen LogP contribution in [0, 0.1) is 0 Å². The van der Waals surface area contributed by atoms with Crippen molar-refractivity contribution in [2.75, 3.05) is 7.11 Å². The summed E-state index contributed by atoms with van der Waals surface area (Å²) in [5.74, 6) is 2.21. The van der Waals surface area contributed by atoms with Gasteiger partial charge in [0, 0.05) is 17.6 Å². The Labute approximate surface area is 117 Å². The molecule has 0 unspecified atom stereocenters. The lowest BCUT2D eigenvalue weighted by Crippen LogP contribution is -2.10. The lowest BCUT2D eigenvalue weighted by atomic mass is 9.98. The number of hydrogen-bond acceptors (Lipinski definition) is 3. The van der Waals surface area contributed by atoms with Crippen molar-refractivity contribution in [3.63, 3.8) is 0 Å². The molecule has 0 saturated carbocycles. The largest absolute Gasteiger partial charge is 0.497 e. The maximum atomic E-state index is 11.3. The first kappa shape index (κ1) is 12.5. The number of methoxy groups -OCH3 is 1. The van der Waals surface area contributed by atoms with Crippen LogP contribution in [0.2, 0.25) is 0 Å². The topological polar surface area (TPSA) is 35.5 Å². The van der Waals surface area contributed by atoms with Crippen molar-refractivity contribution in [1.29, 1.82) is 0 Å². The quantitative estimate of drug-likeness (QED) is 0.800. The van der Waals surface area contributed by atoms with E-state index in [4.69, 9.17) is 9.47 Å². The summed E-state index contributed by atoms with van der Waals surface area (Å²) in [6.07, 6.45) is 1.47. The van der Waals surface area contributed by atoms with Crippen LogP contribution in [0.5, 0.6) is 11.5 Å². The van der Waals surface area contributed by atoms with Crippen LogP contribution in [-0.2, 0) is 11.2 Å². The predicted molar refractivity (Wildman–Crippen MR) is 76.8 cm³/mol. The van der Waals surface area contributed by atoms with Gasteiger partial charge in [0.2, 0.25) is 0 Å². The first-order chi connectivity index (χ1) is 9.81. The Morgan fingerprint density at radius 3 is 2.55 bits per heavy atom. The maximum Gasteiger partial charge on any atom is 0.150 e. The van der Waals surface area contributed by atoms with Crippen molar-refractivity contribution in [3.05, 3.63) is 65.2 Å². The second-order valence-electron chi connectivity index (χ2n) is 4.59. The van der Waals surface area contributed by atoms with Crippen LogP contribution in [0.15, 0.2) is 54.1 Å². The van der Waals surface area contributed by atoms with Gasteiger partial charge in [-0.05, 0) is 35.9 Å². The molecule has 1 aliphatic rings. The third-order valence-corrected chi connectivity index (χ3v) is 3.35. The van der Waals surface area contributed by atoms with Crippen molar-refractivity contribution < 1.29 is 14.3 Å². The highest BCUT2D eigenvalue weighted by Crippen LogP contribution is 2.34. The molecule has 0 aromatic heterocycles. The first-order valence-electron chi connectivity index (χ1n) is 6.40. The molecule has 0 bridgehead atoms. The van der Waals surface area contributed by atoms with E-state index in [0.29, 0.717) is 17.8 Å². The molecule has 1 heterocycles. The molecule has 0 N–H and O–H groups in total. The lowest BCUT2D eigenvalue weighted by molar-refractivity contribution is -0.105. The number of hydrogen-bond donors (Lipinski definition) is 0. The summed E-state index contributed by atoms with van der Waals surface area (Å²) in [6, 6.07) is 15.3. The molecule has 1 aliphatic heterocycles. The van der Waals surface area contributed by atoms with Gasteiger partial charge in [-0.2, -0.15) is 0 Å². The Morgan fingerprint density at radius 2 is 1.85 bits per heavy atom. The van der Waals surface area contributed by atoms with Crippen LogP contribution >= 0.6 is 0 Å². The lowest BCUT2D eigenvalue weighted by Gasteiger charge is -2.21. The molecule has 3 heteroatoms. The monoisotopic (exact) mass is 266 g/mol. The third kappa shape index (κ3) is 2.18. The number of rotatable bonds is 3. The van der Waals surface area contributed by atoms with Crippen molar-refractivity contribution >= 4 is 12.0 Å². The zero-order valence-corrected chi connectivity index (χ0v) is 11.1. The molecule has 0 radical (unpaired) electrons. The summed E-state index contributed by atoms with van der Waals surface area (Å²) in [5, 5.41) is 0. The minimum Gasteiger partial charge on any atom is -0.497 e. The fourth-order valence-electron chi connectivity index (χ4n) is 2.29. The van der Waals surface area contributed by atoms with Crippen molar-refractivity contribution in [3.8, 4) is 11.5 Å². The van der Waals surface area contributed by atoms with E-state index in [9.17, 15) is 4.79 Å². The number of benzene rings is 2. The number of ether oxygens (including phenoxy) is 2. The minimum absolute atomic E-state index is 0.598. The van der Waals surface area contributed by atoms with Gasteiger partial charge in [-0.25, -0.2) is 0 Å². The van der Waals surface area contributed by atoms with E-state index in [0.717, 1.165) is 28.9 Å². The number of allylic oxidation sites excluding steroid dienone is 1. The van der Waals surface area contributed by atoms with Crippen LogP contribution in [0.3, 0.4) is 0 Å². The zero-order valence-electron chi connectivity index (χ0n) is 11.1. The summed E-state index contributed by atoms with van der Waals surface area (Å²) in [6.45, 7) is 0. The van der Waals surface area contributed by atoms with Gasteiger partial charge in [-0.1, -0.05) is 18.2 Å². The van der Waals surface area contributed by atoms with Crippen molar-refractivity contribution in [2.45, 2.75) is 6.42 Å². The molecule has 0 aliphatic carbocycles. The summed E-state index contributed by atoms with van der Waals surface area (Å²) in [5.41, 5.74) is 2.57. The molecule has 0 fully saturated rings. The van der Waals surface area contributed by atoms with E-state index >= 15 is 0 Å². The Morgan fingerprint density at radius 1 is 1.10 bits per heavy atom. The second-order valence-corrected chi connectivity index (χ2v) is 4.59. The van der Waals surface area contributed by atoms with Gasteiger partial charge in [0.15, 0.2) is 0 Å². The average Bonchev–Trinajstić information content (AvgIpc) is 2.53. The van der Waals surface area contributed by atoms with Gasteiger partial charge in [0.05, 0.1) is 7.11 Å². The fourth-order valence-corrected chi connectivity index (χ4v) is 2.29. The van der Waals surface area contributed by atoms with E-state index in [-0.39, 0.29) is 0 Å². The van der Waals surface area contributed by atoms with Gasteiger partial charge in [0.25, 0.3) is 0 Å². The van der Waals surface area contributed by atoms with Gasteiger partial charge >= 0.3 is 0 Å². The molecule has 3 nitrogen and oxygen atoms in total. The molecule has 3 rings (SSSR count). The Hall–Kier alpha value is -2.55. The summed E-state index contributed by atoms with van der Waals surface area (Å²) >= 11 is 0. The van der Waals surface area contributed by atoms with Crippen LogP contribution in [0.1, 0.15) is 11.1 Å². The highest BCUT2D eigenvalue weighted by Gasteiger charge is 2.20. The molecule has 0 atom stereocenters. The first-order valence-corrected chi connectivity index (χ1v) is 6.40. The molecule has 2 aromatic carbocycles. The van der Waals surface area contributed by atoms with Crippen molar-refractivity contribution in [1.82, 2.24) is 0 Å². The zero-order chi connectivity index (χ0) is 13.9. The summed E-state index contributed by atoms with van der Waals surface area (Å²) in [4.78, 5) is 11.3. The molecular formula is C17H14O3. The summed E-state index contributed by atoms with van der Waals surface area (Å²) in [7, 11) is 1.62. The Balaban J connectivity index is 2.02. The van der Waals surface area contributed by atoms with Gasteiger partial charge < -0.3 is 9.47 Å². The number of carbonyl (C=O) groups excluding carboxylic acids is 1. The van der Waals surface area contributed by atoms with Gasteiger partial charge in [0.1, 0.15) is 23.5 Å². The summed E-state index contributed by atoms with van der Waals surface area (Å²) < 4.78 is 11.0. The van der Waals surface area contributed by atoms with Crippen LogP contribution < -0.4 is 9.47 Å². The Bertz CT molecular complexity index is 669. The molecular weight excluding hydrogens is 252 g/mol. The highest BCUT2D eigenvalue weighted by atomic mass is 16.5. The normalized spacial score (nSPS) is 13.4. The molecule has 2 aromatic rings. The van der Waals surface area contributed by atoms with Crippen LogP contribution in [0.25, 0.3) is 5.76 Å². The van der Waals surface area contributed by atoms with E-state index in [1.807, 2.05) is 48.5 Å². The fraction of sp³-hybridized carbons (Fsp3) is 0.118. The van der Waals surface area contributed by atoms with Gasteiger partial charge in [-0.15, -0.1) is 0 Å². The third-order valence-electron chi connectivity index (χ3n) is 3.35. The van der Waals surface area contributed by atoms with Crippen LogP contribution in [-0.4, -0.2) is 13.4 Å². The Kier molecular flexibility index (Phi) is 3.25. The second kappa shape index (κ2) is 5.21. The highest BCUT2D eigenvalue weighted by molar-refractivity contribution is 5.88. The van der Waals surface area contributed by atoms with Gasteiger partial charge in [-0.3, -0.25) is 4.79 Å². The number of para-hydroxylation sites is 1. The minimum atomic E-state index is 0.598. The maximum absolute atomic E-state index is 11.3. The van der Waals surface area contributed by atoms with E-state index in [1.165, 1.54) is 0 Å². The molecule has 0 spiro atoms. The van der Waals surface area contributed by atoms with Crippen molar-refractivity contribution in [2.24, 2.45) is 0 Å². The SMILES string of the molecule is COc1ccc(C2=C(C=O)Cc3ccccc3O2)cc1. The molecule has 20 heavy (non-hydrogen) atoms. The van der Waals surface area contributed by atoms with E-state index in [1.54, 1.807) is 7.11 Å². The predicted octanol–water partition coefficient (Wildman–Crippen LogP) is 3.24.